The normalized spacial score (nSPS) is 12.3. The van der Waals surface area contributed by atoms with Crippen molar-refractivity contribution in [3.63, 3.8) is 0 Å². The number of carbonyl (C=O) groups is 1. The lowest BCUT2D eigenvalue weighted by Gasteiger charge is -2.16. The Hall–Kier alpha value is -3.52. The summed E-state index contributed by atoms with van der Waals surface area (Å²) in [6, 6.07) is 16.8. The number of rotatable bonds is 13. The van der Waals surface area contributed by atoms with Crippen LogP contribution < -0.4 is 10.5 Å². The maximum absolute atomic E-state index is 15.4. The zero-order chi connectivity index (χ0) is 26.9. The van der Waals surface area contributed by atoms with Crippen LogP contribution in [0.3, 0.4) is 0 Å². The maximum Gasteiger partial charge on any atom is 0.310 e. The van der Waals surface area contributed by atoms with E-state index in [1.54, 1.807) is 26.4 Å². The molecule has 0 spiro atoms. The highest BCUT2D eigenvalue weighted by Gasteiger charge is 2.21. The second-order valence-electron chi connectivity index (χ2n) is 9.25. The fourth-order valence-corrected chi connectivity index (χ4v) is 4.68. The molecule has 0 saturated carbocycles. The van der Waals surface area contributed by atoms with Gasteiger partial charge in [0.1, 0.15) is 18.2 Å². The number of nitrogens with two attached hydrogens (primary N) is 1. The predicted molar refractivity (Wildman–Crippen MR) is 145 cm³/mol. The summed E-state index contributed by atoms with van der Waals surface area (Å²) < 4.78 is 37.2. The van der Waals surface area contributed by atoms with Crippen LogP contribution >= 0.6 is 0 Å². The summed E-state index contributed by atoms with van der Waals surface area (Å²) in [7, 11) is 3.28. The fourth-order valence-electron chi connectivity index (χ4n) is 4.68. The number of hydrogen-bond donors (Lipinski definition) is 1. The smallest absolute Gasteiger partial charge is 0.310 e. The highest BCUT2D eigenvalue weighted by molar-refractivity contribution is 5.79. The quantitative estimate of drug-likeness (QED) is 0.246. The van der Waals surface area contributed by atoms with Crippen molar-refractivity contribution in [2.24, 2.45) is 5.73 Å². The minimum Gasteiger partial charge on any atom is -0.489 e. The van der Waals surface area contributed by atoms with Crippen molar-refractivity contribution >= 4 is 12.0 Å². The predicted octanol–water partition coefficient (Wildman–Crippen LogP) is 5.24. The van der Waals surface area contributed by atoms with Gasteiger partial charge in [-0.15, -0.1) is 0 Å². The number of carbonyl (C=O) groups excluding carboxylic acids is 1. The Morgan fingerprint density at radius 1 is 0.947 bits per heavy atom. The highest BCUT2D eigenvalue weighted by Crippen LogP contribution is 2.37. The minimum atomic E-state index is -0.317. The third-order valence-corrected chi connectivity index (χ3v) is 6.48. The number of fused-ring (bicyclic) bond motifs is 1. The second-order valence-corrected chi connectivity index (χ2v) is 9.25. The lowest BCUT2D eigenvalue weighted by Crippen LogP contribution is -2.11. The number of esters is 1. The minimum absolute atomic E-state index is 0.110. The molecule has 0 radical (unpaired) electrons. The number of benzene rings is 3. The largest absolute Gasteiger partial charge is 0.489 e. The molecule has 3 aromatic carbocycles. The molecule has 0 amide bonds. The number of halogens is 1. The van der Waals surface area contributed by atoms with E-state index in [1.807, 2.05) is 36.4 Å². The van der Waals surface area contributed by atoms with Gasteiger partial charge in [0.05, 0.1) is 19.6 Å². The monoisotopic (exact) mass is 519 g/mol. The maximum atomic E-state index is 15.4. The molecule has 0 saturated heterocycles. The van der Waals surface area contributed by atoms with E-state index in [0.29, 0.717) is 49.5 Å². The highest BCUT2D eigenvalue weighted by atomic mass is 19.1. The summed E-state index contributed by atoms with van der Waals surface area (Å²) in [4.78, 5) is 12.3. The summed E-state index contributed by atoms with van der Waals surface area (Å²) in [5, 5.41) is 0. The SMILES string of the molecule is COCCCOC(=O)Cc1ccccc1OCc1cc2c(c(-c3cccc(CN)c3F)c1)CC(COC)=C2. The first kappa shape index (κ1) is 27.5. The van der Waals surface area contributed by atoms with E-state index in [-0.39, 0.29) is 31.4 Å². The molecule has 7 heteroatoms. The second kappa shape index (κ2) is 13.3. The average Bonchev–Trinajstić information content (AvgIpc) is 3.33. The third kappa shape index (κ3) is 6.67. The summed E-state index contributed by atoms with van der Waals surface area (Å²) in [6.45, 7) is 1.75. The van der Waals surface area contributed by atoms with Crippen molar-refractivity contribution in [2.45, 2.75) is 32.4 Å². The van der Waals surface area contributed by atoms with Crippen LogP contribution in [0, 0.1) is 5.82 Å². The van der Waals surface area contributed by atoms with Crippen LogP contribution in [-0.4, -0.2) is 40.0 Å². The number of methoxy groups -OCH3 is 2. The molecule has 38 heavy (non-hydrogen) atoms. The topological polar surface area (TPSA) is 80.0 Å². The Labute approximate surface area is 223 Å². The molecule has 0 unspecified atom stereocenters. The molecule has 3 aromatic rings. The van der Waals surface area contributed by atoms with Crippen molar-refractivity contribution < 1.29 is 28.1 Å². The summed E-state index contributed by atoms with van der Waals surface area (Å²) in [5.74, 6) is -0.0110. The Morgan fingerprint density at radius 2 is 1.76 bits per heavy atom. The Kier molecular flexibility index (Phi) is 9.65. The van der Waals surface area contributed by atoms with Gasteiger partial charge in [-0.25, -0.2) is 4.39 Å². The molecule has 200 valence electrons. The van der Waals surface area contributed by atoms with E-state index in [0.717, 1.165) is 33.4 Å². The van der Waals surface area contributed by atoms with Crippen LogP contribution in [0.15, 0.2) is 60.2 Å². The number of ether oxygens (including phenoxy) is 4. The first-order valence-corrected chi connectivity index (χ1v) is 12.7. The fraction of sp³-hybridized carbons (Fsp3) is 0.323. The number of hydrogen-bond acceptors (Lipinski definition) is 6. The van der Waals surface area contributed by atoms with Crippen LogP contribution in [0.25, 0.3) is 17.2 Å². The molecule has 0 heterocycles. The first-order valence-electron chi connectivity index (χ1n) is 12.7. The van der Waals surface area contributed by atoms with Crippen LogP contribution in [-0.2, 0) is 45.0 Å². The molecule has 1 aliphatic carbocycles. The first-order chi connectivity index (χ1) is 18.5. The van der Waals surface area contributed by atoms with Crippen LogP contribution in [0.5, 0.6) is 5.75 Å². The molecular weight excluding hydrogens is 485 g/mol. The molecule has 0 fully saturated rings. The Morgan fingerprint density at radius 3 is 2.55 bits per heavy atom. The molecule has 6 nitrogen and oxygen atoms in total. The van der Waals surface area contributed by atoms with Gasteiger partial charge >= 0.3 is 5.97 Å². The van der Waals surface area contributed by atoms with Crippen LogP contribution in [0.1, 0.15) is 34.2 Å². The average molecular weight is 520 g/mol. The van der Waals surface area contributed by atoms with Crippen LogP contribution in [0.4, 0.5) is 4.39 Å². The van der Waals surface area contributed by atoms with Gasteiger partial charge in [-0.05, 0) is 52.4 Å². The van der Waals surface area contributed by atoms with Gasteiger partial charge in [0.25, 0.3) is 0 Å². The molecule has 0 aliphatic heterocycles. The Balaban J connectivity index is 1.57. The molecule has 4 rings (SSSR count). The molecular formula is C31H34FNO5. The lowest BCUT2D eigenvalue weighted by atomic mass is 9.92. The van der Waals surface area contributed by atoms with Gasteiger partial charge in [-0.2, -0.15) is 0 Å². The van der Waals surface area contributed by atoms with Crippen molar-refractivity contribution in [3.8, 4) is 16.9 Å². The van der Waals surface area contributed by atoms with Crippen molar-refractivity contribution in [1.29, 1.82) is 0 Å². The van der Waals surface area contributed by atoms with E-state index in [1.165, 1.54) is 0 Å². The zero-order valence-electron chi connectivity index (χ0n) is 21.9. The summed E-state index contributed by atoms with van der Waals surface area (Å²) in [6.07, 6.45) is 3.56. The standard InChI is InChI=1S/C31H34FNO5/c1-35-11-6-12-37-30(34)17-23-7-3-4-10-29(23)38-20-22-14-25-13-21(19-36-2)15-27(25)28(16-22)26-9-5-8-24(18-33)31(26)32/h3-5,7-10,13-14,16H,6,11-12,15,17-20,33H2,1-2H3. The van der Waals surface area contributed by atoms with Crippen molar-refractivity contribution in [1.82, 2.24) is 0 Å². The molecule has 0 bridgehead atoms. The summed E-state index contributed by atoms with van der Waals surface area (Å²) in [5.41, 5.74) is 12.5. The molecule has 0 atom stereocenters. The summed E-state index contributed by atoms with van der Waals surface area (Å²) >= 11 is 0. The van der Waals surface area contributed by atoms with E-state index >= 15 is 4.39 Å². The van der Waals surface area contributed by atoms with E-state index in [2.05, 4.69) is 12.1 Å². The van der Waals surface area contributed by atoms with Crippen molar-refractivity contribution in [2.75, 3.05) is 34.0 Å². The van der Waals surface area contributed by atoms with E-state index < -0.39 is 0 Å². The van der Waals surface area contributed by atoms with Crippen molar-refractivity contribution in [3.05, 3.63) is 93.8 Å². The van der Waals surface area contributed by atoms with Gasteiger partial charge < -0.3 is 24.7 Å². The number of para-hydroxylation sites is 1. The van der Waals surface area contributed by atoms with Gasteiger partial charge in [0.15, 0.2) is 0 Å². The molecule has 1 aliphatic rings. The van der Waals surface area contributed by atoms with E-state index in [4.69, 9.17) is 24.7 Å². The van der Waals surface area contributed by atoms with Gasteiger partial charge in [-0.1, -0.05) is 42.5 Å². The van der Waals surface area contributed by atoms with Crippen LogP contribution in [0.2, 0.25) is 0 Å². The molecule has 0 aromatic heterocycles. The Bertz CT molecular complexity index is 1300. The zero-order valence-corrected chi connectivity index (χ0v) is 21.9. The van der Waals surface area contributed by atoms with E-state index in [9.17, 15) is 4.79 Å². The van der Waals surface area contributed by atoms with Gasteiger partial charge in [-0.3, -0.25) is 4.79 Å². The van der Waals surface area contributed by atoms with Gasteiger partial charge in [0.2, 0.25) is 0 Å². The van der Waals surface area contributed by atoms with Gasteiger partial charge in [0, 0.05) is 50.5 Å². The lowest BCUT2D eigenvalue weighted by molar-refractivity contribution is -0.143. The third-order valence-electron chi connectivity index (χ3n) is 6.48. The molecule has 2 N–H and O–H groups in total.